The minimum Gasteiger partial charge on any atom is -0.478 e. The average molecular weight is 389 g/mol. The van der Waals surface area contributed by atoms with Gasteiger partial charge in [0.15, 0.2) is 0 Å². The van der Waals surface area contributed by atoms with Crippen LogP contribution in [0.25, 0.3) is 5.69 Å². The van der Waals surface area contributed by atoms with Crippen molar-refractivity contribution in [2.45, 2.75) is 27.7 Å². The molecule has 2 aromatic rings. The van der Waals surface area contributed by atoms with E-state index in [1.54, 1.807) is 26.0 Å². The van der Waals surface area contributed by atoms with Crippen LogP contribution in [-0.4, -0.2) is 50.4 Å². The van der Waals surface area contributed by atoms with Crippen LogP contribution in [0.15, 0.2) is 12.1 Å². The minimum absolute atomic E-state index is 0.111. The quantitative estimate of drug-likeness (QED) is 0.640. The molecule has 28 heavy (non-hydrogen) atoms. The number of carboxylic acid groups (broad SMARTS) is 3. The van der Waals surface area contributed by atoms with E-state index in [1.807, 2.05) is 6.92 Å². The van der Waals surface area contributed by atoms with E-state index in [0.717, 1.165) is 10.1 Å². The molecule has 9 nitrogen and oxygen atoms in total. The van der Waals surface area contributed by atoms with Crippen LogP contribution >= 0.6 is 0 Å². The molecular weight excluding hydrogens is 370 g/mol. The summed E-state index contributed by atoms with van der Waals surface area (Å²) in [6.45, 7) is 6.49. The lowest BCUT2D eigenvalue weighted by Crippen LogP contribution is -2.18. The third kappa shape index (κ3) is 3.34. The fourth-order valence-corrected chi connectivity index (χ4v) is 3.33. The molecule has 0 spiro atoms. The fourth-order valence-electron chi connectivity index (χ4n) is 3.33. The van der Waals surface area contributed by atoms with Gasteiger partial charge in [-0.3, -0.25) is 4.57 Å². The number of esters is 1. The molecule has 0 aliphatic heterocycles. The molecule has 0 unspecified atom stereocenters. The normalized spacial score (nSPS) is 10.6. The van der Waals surface area contributed by atoms with Gasteiger partial charge in [-0.25, -0.2) is 19.2 Å². The maximum atomic E-state index is 12.6. The van der Waals surface area contributed by atoms with Crippen molar-refractivity contribution in [1.82, 2.24) is 4.57 Å². The first-order valence-corrected chi connectivity index (χ1v) is 8.26. The van der Waals surface area contributed by atoms with Gasteiger partial charge in [-0.1, -0.05) is 17.7 Å². The molecule has 1 aromatic carbocycles. The Hall–Kier alpha value is -3.62. The van der Waals surface area contributed by atoms with Crippen LogP contribution in [0, 0.1) is 20.8 Å². The van der Waals surface area contributed by atoms with E-state index in [2.05, 4.69) is 0 Å². The van der Waals surface area contributed by atoms with E-state index in [0.29, 0.717) is 11.1 Å². The summed E-state index contributed by atoms with van der Waals surface area (Å²) in [5.41, 5.74) is -1.25. The Labute approximate surface area is 159 Å². The molecular formula is C19H19NO8. The zero-order valence-electron chi connectivity index (χ0n) is 15.7. The van der Waals surface area contributed by atoms with Gasteiger partial charge in [0.25, 0.3) is 0 Å². The second-order valence-electron chi connectivity index (χ2n) is 6.17. The van der Waals surface area contributed by atoms with Gasteiger partial charge in [0, 0.05) is 0 Å². The number of carbonyl (C=O) groups excluding carboxylic acids is 1. The smallest absolute Gasteiger partial charge is 0.356 e. The average Bonchev–Trinajstić information content (AvgIpc) is 2.90. The molecule has 9 heteroatoms. The topological polar surface area (TPSA) is 143 Å². The van der Waals surface area contributed by atoms with E-state index < -0.39 is 46.4 Å². The molecule has 0 bridgehead atoms. The predicted octanol–water partition coefficient (Wildman–Crippen LogP) is 2.67. The number of rotatable bonds is 6. The number of aromatic nitrogens is 1. The van der Waals surface area contributed by atoms with Crippen LogP contribution in [0.5, 0.6) is 0 Å². The number of hydrogen-bond acceptors (Lipinski definition) is 5. The Morgan fingerprint density at radius 3 is 1.71 bits per heavy atom. The molecule has 1 aromatic heterocycles. The molecule has 148 valence electrons. The van der Waals surface area contributed by atoms with E-state index in [4.69, 9.17) is 4.74 Å². The van der Waals surface area contributed by atoms with Crippen LogP contribution in [-0.2, 0) is 4.74 Å². The molecule has 0 saturated heterocycles. The zero-order chi connectivity index (χ0) is 21.3. The molecule has 1 heterocycles. The van der Waals surface area contributed by atoms with Crippen LogP contribution < -0.4 is 0 Å². The highest BCUT2D eigenvalue weighted by Gasteiger charge is 2.39. The summed E-state index contributed by atoms with van der Waals surface area (Å²) in [5.74, 6) is -6.34. The molecule has 0 fully saturated rings. The Balaban J connectivity index is 3.17. The van der Waals surface area contributed by atoms with E-state index in [9.17, 15) is 34.5 Å². The fraction of sp³-hybridized carbons (Fsp3) is 0.263. The van der Waals surface area contributed by atoms with Gasteiger partial charge in [0.2, 0.25) is 0 Å². The number of aromatic carboxylic acids is 3. The number of aryl methyl sites for hydroxylation is 3. The summed E-state index contributed by atoms with van der Waals surface area (Å²) in [6, 6.07) is 3.42. The zero-order valence-corrected chi connectivity index (χ0v) is 15.7. The number of carbonyl (C=O) groups is 4. The molecule has 0 aliphatic rings. The largest absolute Gasteiger partial charge is 0.478 e. The van der Waals surface area contributed by atoms with Crippen molar-refractivity contribution in [2.75, 3.05) is 6.61 Å². The highest BCUT2D eigenvalue weighted by molar-refractivity contribution is 6.15. The molecule has 0 amide bonds. The van der Waals surface area contributed by atoms with Crippen LogP contribution in [0.3, 0.4) is 0 Å². The van der Waals surface area contributed by atoms with Crippen molar-refractivity contribution in [2.24, 2.45) is 0 Å². The summed E-state index contributed by atoms with van der Waals surface area (Å²) in [6.07, 6.45) is 0. The highest BCUT2D eigenvalue weighted by atomic mass is 16.5. The second kappa shape index (κ2) is 7.55. The van der Waals surface area contributed by atoms with Gasteiger partial charge in [-0.2, -0.15) is 0 Å². The van der Waals surface area contributed by atoms with Gasteiger partial charge in [-0.05, 0) is 38.8 Å². The molecule has 0 atom stereocenters. The Bertz CT molecular complexity index is 992. The van der Waals surface area contributed by atoms with Gasteiger partial charge in [0.1, 0.15) is 22.5 Å². The van der Waals surface area contributed by atoms with Crippen molar-refractivity contribution >= 4 is 23.9 Å². The van der Waals surface area contributed by atoms with E-state index in [1.165, 1.54) is 6.92 Å². The lowest BCUT2D eigenvalue weighted by molar-refractivity contribution is 0.0505. The number of nitrogens with zero attached hydrogens (tertiary/aromatic N) is 1. The lowest BCUT2D eigenvalue weighted by atomic mass is 10.0. The first-order valence-electron chi connectivity index (χ1n) is 8.26. The first kappa shape index (κ1) is 20.7. The van der Waals surface area contributed by atoms with Gasteiger partial charge < -0.3 is 20.1 Å². The predicted molar refractivity (Wildman–Crippen MR) is 96.8 cm³/mol. The third-order valence-electron chi connectivity index (χ3n) is 4.13. The number of carboxylic acids is 3. The van der Waals surface area contributed by atoms with Gasteiger partial charge in [0.05, 0.1) is 12.3 Å². The van der Waals surface area contributed by atoms with E-state index >= 15 is 0 Å². The second-order valence-corrected chi connectivity index (χ2v) is 6.17. The maximum absolute atomic E-state index is 12.6. The SMILES string of the molecule is CCOC(=O)c1c(C(=O)O)c(C(=O)O)c(C(=O)O)n1-c1c(C)cc(C)cc1C. The molecule has 0 saturated carbocycles. The molecule has 0 aliphatic carbocycles. The number of ether oxygens (including phenoxy) is 1. The van der Waals surface area contributed by atoms with Crippen molar-refractivity contribution in [3.05, 3.63) is 51.3 Å². The number of benzene rings is 1. The summed E-state index contributed by atoms with van der Waals surface area (Å²) < 4.78 is 5.76. The Kier molecular flexibility index (Phi) is 5.58. The van der Waals surface area contributed by atoms with Crippen molar-refractivity contribution < 1.29 is 39.2 Å². The lowest BCUT2D eigenvalue weighted by Gasteiger charge is -2.17. The van der Waals surface area contributed by atoms with Crippen molar-refractivity contribution in [3.63, 3.8) is 0 Å². The minimum atomic E-state index is -1.78. The molecule has 2 rings (SSSR count). The summed E-state index contributed by atoms with van der Waals surface area (Å²) >= 11 is 0. The summed E-state index contributed by atoms with van der Waals surface area (Å²) in [4.78, 5) is 48.1. The Morgan fingerprint density at radius 2 is 1.32 bits per heavy atom. The molecule has 0 radical (unpaired) electrons. The maximum Gasteiger partial charge on any atom is 0.356 e. The van der Waals surface area contributed by atoms with Crippen LogP contribution in [0.1, 0.15) is 65.3 Å². The van der Waals surface area contributed by atoms with Gasteiger partial charge >= 0.3 is 23.9 Å². The standard InChI is InChI=1S/C19H19NO8/c1-5-28-19(27)15-12(17(23)24)11(16(21)22)14(18(25)26)20(15)13-9(3)6-8(2)7-10(13)4/h6-7H,5H2,1-4H3,(H,21,22)(H,23,24)(H,25,26). The van der Waals surface area contributed by atoms with Crippen molar-refractivity contribution in [3.8, 4) is 5.69 Å². The summed E-state index contributed by atoms with van der Waals surface area (Å²) in [7, 11) is 0. The molecule has 3 N–H and O–H groups in total. The summed E-state index contributed by atoms with van der Waals surface area (Å²) in [5, 5.41) is 28.8. The Morgan fingerprint density at radius 1 is 0.857 bits per heavy atom. The monoisotopic (exact) mass is 389 g/mol. The van der Waals surface area contributed by atoms with Crippen molar-refractivity contribution in [1.29, 1.82) is 0 Å². The third-order valence-corrected chi connectivity index (χ3v) is 4.13. The number of hydrogen-bond donors (Lipinski definition) is 3. The van der Waals surface area contributed by atoms with Gasteiger partial charge in [-0.15, -0.1) is 0 Å². The van der Waals surface area contributed by atoms with Crippen LogP contribution in [0.2, 0.25) is 0 Å². The highest BCUT2D eigenvalue weighted by Crippen LogP contribution is 2.32. The van der Waals surface area contributed by atoms with E-state index in [-0.39, 0.29) is 12.3 Å². The first-order chi connectivity index (χ1) is 13.0. The van der Waals surface area contributed by atoms with Crippen LogP contribution in [0.4, 0.5) is 0 Å².